The summed E-state index contributed by atoms with van der Waals surface area (Å²) in [4.78, 5) is 12.0. The van der Waals surface area contributed by atoms with Gasteiger partial charge >= 0.3 is 0 Å². The molecule has 0 aliphatic carbocycles. The van der Waals surface area contributed by atoms with Crippen LogP contribution in [0.5, 0.6) is 0 Å². The predicted molar refractivity (Wildman–Crippen MR) is 82.7 cm³/mol. The number of carbonyl (C=O) groups is 1. The molecule has 1 aromatic carbocycles. The number of rotatable bonds is 7. The number of benzene rings is 1. The minimum Gasteiger partial charge on any atom is -0.379 e. The topological polar surface area (TPSA) is 47.6 Å². The van der Waals surface area contributed by atoms with Crippen LogP contribution in [0.25, 0.3) is 0 Å². The summed E-state index contributed by atoms with van der Waals surface area (Å²) in [6.45, 7) is 6.83. The summed E-state index contributed by atoms with van der Waals surface area (Å²) >= 11 is 0. The summed E-state index contributed by atoms with van der Waals surface area (Å²) in [7, 11) is 0. The Morgan fingerprint density at radius 1 is 1.33 bits per heavy atom. The van der Waals surface area contributed by atoms with E-state index in [1.165, 1.54) is 0 Å². The molecule has 0 saturated carbocycles. The molecule has 1 atom stereocenters. The van der Waals surface area contributed by atoms with Gasteiger partial charge in [0, 0.05) is 25.3 Å². The van der Waals surface area contributed by atoms with Gasteiger partial charge < -0.3 is 14.8 Å². The Labute approximate surface area is 126 Å². The predicted octanol–water partition coefficient (Wildman–Crippen LogP) is 2.62. The van der Waals surface area contributed by atoms with Crippen molar-refractivity contribution in [2.75, 3.05) is 26.4 Å². The van der Waals surface area contributed by atoms with Crippen LogP contribution in [-0.4, -0.2) is 38.4 Å². The van der Waals surface area contributed by atoms with Gasteiger partial charge in [0.2, 0.25) is 0 Å². The Hall–Kier alpha value is -1.39. The van der Waals surface area contributed by atoms with Crippen molar-refractivity contribution >= 4 is 5.91 Å². The van der Waals surface area contributed by atoms with Crippen LogP contribution in [0.15, 0.2) is 18.2 Å². The standard InChI is InChI=1S/C17H25NO3/c1-13-9-14(2)11-15(10-13)17(19)18-6-4-7-20-12-16-5-3-8-21-16/h9-11,16H,3-8,12H2,1-2H3,(H,18,19). The van der Waals surface area contributed by atoms with Crippen molar-refractivity contribution in [3.8, 4) is 0 Å². The molecular formula is C17H25NO3. The quantitative estimate of drug-likeness (QED) is 0.786. The molecule has 1 aliphatic rings. The normalized spacial score (nSPS) is 17.9. The lowest BCUT2D eigenvalue weighted by Gasteiger charge is -2.10. The highest BCUT2D eigenvalue weighted by molar-refractivity contribution is 5.94. The van der Waals surface area contributed by atoms with Crippen LogP contribution in [0.2, 0.25) is 0 Å². The van der Waals surface area contributed by atoms with Crippen LogP contribution in [0.4, 0.5) is 0 Å². The van der Waals surface area contributed by atoms with Crippen molar-refractivity contribution in [2.24, 2.45) is 0 Å². The molecule has 1 aromatic rings. The van der Waals surface area contributed by atoms with Crippen LogP contribution < -0.4 is 5.32 Å². The molecule has 0 spiro atoms. The average molecular weight is 291 g/mol. The summed E-state index contributed by atoms with van der Waals surface area (Å²) < 4.78 is 11.1. The SMILES string of the molecule is Cc1cc(C)cc(C(=O)NCCCOCC2CCCO2)c1. The summed E-state index contributed by atoms with van der Waals surface area (Å²) in [5.41, 5.74) is 2.95. The fourth-order valence-corrected chi connectivity index (χ4v) is 2.57. The summed E-state index contributed by atoms with van der Waals surface area (Å²) in [6.07, 6.45) is 3.34. The highest BCUT2D eigenvalue weighted by Crippen LogP contribution is 2.12. The Morgan fingerprint density at radius 2 is 2.10 bits per heavy atom. The van der Waals surface area contributed by atoms with Crippen molar-refractivity contribution < 1.29 is 14.3 Å². The average Bonchev–Trinajstić information content (AvgIpc) is 2.94. The van der Waals surface area contributed by atoms with E-state index in [-0.39, 0.29) is 12.0 Å². The second-order valence-corrected chi connectivity index (χ2v) is 5.70. The van der Waals surface area contributed by atoms with Crippen LogP contribution in [-0.2, 0) is 9.47 Å². The summed E-state index contributed by atoms with van der Waals surface area (Å²) in [6, 6.07) is 5.89. The third-order valence-corrected chi connectivity index (χ3v) is 3.56. The lowest BCUT2D eigenvalue weighted by atomic mass is 10.1. The Morgan fingerprint density at radius 3 is 2.76 bits per heavy atom. The molecule has 1 unspecified atom stereocenters. The van der Waals surface area contributed by atoms with Gasteiger partial charge in [-0.05, 0) is 45.2 Å². The molecule has 1 N–H and O–H groups in total. The molecule has 4 nitrogen and oxygen atoms in total. The van der Waals surface area contributed by atoms with E-state index in [0.29, 0.717) is 19.8 Å². The molecule has 1 saturated heterocycles. The first-order valence-corrected chi connectivity index (χ1v) is 7.71. The highest BCUT2D eigenvalue weighted by atomic mass is 16.5. The molecule has 2 rings (SSSR count). The maximum absolute atomic E-state index is 12.0. The third kappa shape index (κ3) is 5.48. The van der Waals surface area contributed by atoms with E-state index in [1.54, 1.807) is 0 Å². The molecular weight excluding hydrogens is 266 g/mol. The zero-order chi connectivity index (χ0) is 15.1. The number of aryl methyl sites for hydroxylation is 2. The zero-order valence-electron chi connectivity index (χ0n) is 13.0. The van der Waals surface area contributed by atoms with Gasteiger partial charge in [-0.15, -0.1) is 0 Å². The summed E-state index contributed by atoms with van der Waals surface area (Å²) in [5, 5.41) is 2.93. The van der Waals surface area contributed by atoms with E-state index < -0.39 is 0 Å². The Kier molecular flexibility index (Phi) is 6.21. The maximum atomic E-state index is 12.0. The molecule has 0 radical (unpaired) electrons. The van der Waals surface area contributed by atoms with Crippen molar-refractivity contribution in [1.82, 2.24) is 5.32 Å². The van der Waals surface area contributed by atoms with E-state index >= 15 is 0 Å². The van der Waals surface area contributed by atoms with Gasteiger partial charge in [-0.3, -0.25) is 4.79 Å². The molecule has 21 heavy (non-hydrogen) atoms. The lowest BCUT2D eigenvalue weighted by molar-refractivity contribution is 0.0166. The minimum absolute atomic E-state index is 0.0130. The Bertz CT molecular complexity index is 447. The first kappa shape index (κ1) is 16.0. The first-order valence-electron chi connectivity index (χ1n) is 7.71. The fourth-order valence-electron chi connectivity index (χ4n) is 2.57. The lowest BCUT2D eigenvalue weighted by Crippen LogP contribution is -2.25. The zero-order valence-corrected chi connectivity index (χ0v) is 13.0. The summed E-state index contributed by atoms with van der Waals surface area (Å²) in [5.74, 6) is -0.0130. The maximum Gasteiger partial charge on any atom is 0.251 e. The number of ether oxygens (including phenoxy) is 2. The molecule has 1 amide bonds. The number of carbonyl (C=O) groups excluding carboxylic acids is 1. The van der Waals surface area contributed by atoms with Crippen LogP contribution in [0.3, 0.4) is 0 Å². The van der Waals surface area contributed by atoms with Gasteiger partial charge in [-0.2, -0.15) is 0 Å². The van der Waals surface area contributed by atoms with Crippen molar-refractivity contribution in [3.05, 3.63) is 34.9 Å². The fraction of sp³-hybridized carbons (Fsp3) is 0.588. The molecule has 0 bridgehead atoms. The van der Waals surface area contributed by atoms with Crippen LogP contribution in [0, 0.1) is 13.8 Å². The van der Waals surface area contributed by atoms with Crippen molar-refractivity contribution in [2.45, 2.75) is 39.2 Å². The molecule has 116 valence electrons. The number of nitrogens with one attached hydrogen (secondary N) is 1. The second-order valence-electron chi connectivity index (χ2n) is 5.70. The van der Waals surface area contributed by atoms with Gasteiger partial charge in [-0.25, -0.2) is 0 Å². The van der Waals surface area contributed by atoms with E-state index in [4.69, 9.17) is 9.47 Å². The van der Waals surface area contributed by atoms with E-state index in [0.717, 1.165) is 42.6 Å². The van der Waals surface area contributed by atoms with Gasteiger partial charge in [0.15, 0.2) is 0 Å². The van der Waals surface area contributed by atoms with Gasteiger partial charge in [0.25, 0.3) is 5.91 Å². The molecule has 1 fully saturated rings. The van der Waals surface area contributed by atoms with E-state index in [9.17, 15) is 4.79 Å². The third-order valence-electron chi connectivity index (χ3n) is 3.56. The monoisotopic (exact) mass is 291 g/mol. The minimum atomic E-state index is -0.0130. The van der Waals surface area contributed by atoms with Crippen LogP contribution >= 0.6 is 0 Å². The number of hydrogen-bond acceptors (Lipinski definition) is 3. The molecule has 1 aliphatic heterocycles. The molecule has 0 aromatic heterocycles. The first-order chi connectivity index (χ1) is 10.1. The second kappa shape index (κ2) is 8.15. The van der Waals surface area contributed by atoms with Gasteiger partial charge in [-0.1, -0.05) is 17.2 Å². The van der Waals surface area contributed by atoms with Gasteiger partial charge in [0.05, 0.1) is 12.7 Å². The largest absolute Gasteiger partial charge is 0.379 e. The van der Waals surface area contributed by atoms with E-state index in [1.807, 2.05) is 26.0 Å². The van der Waals surface area contributed by atoms with Crippen molar-refractivity contribution in [3.63, 3.8) is 0 Å². The van der Waals surface area contributed by atoms with Crippen molar-refractivity contribution in [1.29, 1.82) is 0 Å². The number of amides is 1. The molecule has 4 heteroatoms. The highest BCUT2D eigenvalue weighted by Gasteiger charge is 2.14. The van der Waals surface area contributed by atoms with E-state index in [2.05, 4.69) is 11.4 Å². The Balaban J connectivity index is 1.60. The smallest absolute Gasteiger partial charge is 0.251 e. The van der Waals surface area contributed by atoms with Gasteiger partial charge in [0.1, 0.15) is 0 Å². The number of hydrogen-bond donors (Lipinski definition) is 1. The van der Waals surface area contributed by atoms with Crippen LogP contribution in [0.1, 0.15) is 40.7 Å². The molecule has 1 heterocycles.